The molecule has 1 heterocycles. The van der Waals surface area contributed by atoms with Crippen LogP contribution in [0.25, 0.3) is 0 Å². The Morgan fingerprint density at radius 1 is 1.06 bits per heavy atom. The number of benzene rings is 2. The van der Waals surface area contributed by atoms with Crippen molar-refractivity contribution in [3.8, 4) is 0 Å². The van der Waals surface area contributed by atoms with Crippen molar-refractivity contribution in [3.05, 3.63) is 65.2 Å². The predicted molar refractivity (Wildman–Crippen MR) is 123 cm³/mol. The lowest BCUT2D eigenvalue weighted by Gasteiger charge is -2.37. The van der Waals surface area contributed by atoms with Crippen molar-refractivity contribution in [1.82, 2.24) is 10.2 Å². The molecule has 3 amide bonds. The van der Waals surface area contributed by atoms with E-state index >= 15 is 0 Å². The number of hydrogen-bond donors (Lipinski definition) is 2. The lowest BCUT2D eigenvalue weighted by atomic mass is 9.93. The molecule has 0 saturated heterocycles. The second-order valence-electron chi connectivity index (χ2n) is 9.19. The lowest BCUT2D eigenvalue weighted by molar-refractivity contribution is -0.130. The maximum Gasteiger partial charge on any atom is 0.411 e. The monoisotopic (exact) mass is 437 g/mol. The van der Waals surface area contributed by atoms with Gasteiger partial charge in [-0.2, -0.15) is 0 Å². The van der Waals surface area contributed by atoms with Crippen molar-refractivity contribution in [2.75, 3.05) is 5.32 Å². The Bertz CT molecular complexity index is 1010. The van der Waals surface area contributed by atoms with E-state index in [1.165, 1.54) is 4.90 Å². The number of fused-ring (bicyclic) bond motifs is 1. The third-order valence-electron chi connectivity index (χ3n) is 5.22. The third kappa shape index (κ3) is 5.87. The fraction of sp³-hybridized carbons (Fsp3) is 0.400. The molecule has 3 rings (SSSR count). The second-order valence-corrected chi connectivity index (χ2v) is 9.19. The van der Waals surface area contributed by atoms with E-state index in [4.69, 9.17) is 4.74 Å². The van der Waals surface area contributed by atoms with Crippen molar-refractivity contribution in [2.45, 2.75) is 65.3 Å². The Morgan fingerprint density at radius 3 is 2.41 bits per heavy atom. The standard InChI is InChI=1S/C25H31N3O4/c1-16-9-8-12-20(13-16)27-22(29)17(2)26-23(30)21-14-18-10-6-7-11-19(18)15-28(21)24(31)32-25(3,4)5/h6-13,17,21H,14-15H2,1-5H3,(H,26,30)(H,27,29)/t17-,21-/m0/s1. The van der Waals surface area contributed by atoms with Gasteiger partial charge in [0.1, 0.15) is 17.7 Å². The topological polar surface area (TPSA) is 87.7 Å². The quantitative estimate of drug-likeness (QED) is 0.762. The summed E-state index contributed by atoms with van der Waals surface area (Å²) >= 11 is 0. The van der Waals surface area contributed by atoms with E-state index in [1.54, 1.807) is 33.8 Å². The number of carbonyl (C=O) groups excluding carboxylic acids is 3. The number of nitrogens with zero attached hydrogens (tertiary/aromatic N) is 1. The van der Waals surface area contributed by atoms with Crippen LogP contribution in [0.2, 0.25) is 0 Å². The van der Waals surface area contributed by atoms with Crippen LogP contribution in [-0.2, 0) is 27.3 Å². The molecule has 1 aliphatic rings. The van der Waals surface area contributed by atoms with E-state index < -0.39 is 29.7 Å². The molecule has 7 heteroatoms. The molecule has 2 aromatic rings. The summed E-state index contributed by atoms with van der Waals surface area (Å²) in [5.41, 5.74) is 2.99. The second kappa shape index (κ2) is 9.42. The number of rotatable bonds is 4. The van der Waals surface area contributed by atoms with Crippen molar-refractivity contribution in [3.63, 3.8) is 0 Å². The zero-order valence-electron chi connectivity index (χ0n) is 19.3. The summed E-state index contributed by atoms with van der Waals surface area (Å²) in [7, 11) is 0. The Labute approximate surface area is 189 Å². The minimum absolute atomic E-state index is 0.271. The van der Waals surface area contributed by atoms with E-state index in [9.17, 15) is 14.4 Å². The molecule has 0 unspecified atom stereocenters. The van der Waals surface area contributed by atoms with Crippen LogP contribution in [0.1, 0.15) is 44.4 Å². The first-order valence-corrected chi connectivity index (χ1v) is 10.8. The Balaban J connectivity index is 1.74. The number of hydrogen-bond acceptors (Lipinski definition) is 4. The molecule has 1 aliphatic heterocycles. The van der Waals surface area contributed by atoms with Crippen molar-refractivity contribution in [2.24, 2.45) is 0 Å². The maximum atomic E-state index is 13.2. The van der Waals surface area contributed by atoms with Gasteiger partial charge in [0.05, 0.1) is 6.54 Å². The minimum atomic E-state index is -0.777. The van der Waals surface area contributed by atoms with E-state index in [0.717, 1.165) is 16.7 Å². The Morgan fingerprint density at radius 2 is 1.75 bits per heavy atom. The highest BCUT2D eigenvalue weighted by Crippen LogP contribution is 2.25. The molecular formula is C25H31N3O4. The molecule has 32 heavy (non-hydrogen) atoms. The number of anilines is 1. The van der Waals surface area contributed by atoms with Gasteiger partial charge in [0.15, 0.2) is 0 Å². The Hall–Kier alpha value is -3.35. The normalized spacial score (nSPS) is 16.5. The first kappa shape index (κ1) is 23.3. The summed E-state index contributed by atoms with van der Waals surface area (Å²) in [4.78, 5) is 40.1. The molecular weight excluding hydrogens is 406 g/mol. The van der Waals surface area contributed by atoms with Crippen LogP contribution >= 0.6 is 0 Å². The maximum absolute atomic E-state index is 13.2. The van der Waals surface area contributed by atoms with E-state index in [1.807, 2.05) is 49.4 Å². The number of ether oxygens (including phenoxy) is 1. The first-order valence-electron chi connectivity index (χ1n) is 10.8. The van der Waals surface area contributed by atoms with Crippen LogP contribution in [0, 0.1) is 6.92 Å². The van der Waals surface area contributed by atoms with Gasteiger partial charge in [-0.05, 0) is 63.4 Å². The molecule has 0 radical (unpaired) electrons. The van der Waals surface area contributed by atoms with Crippen LogP contribution in [0.5, 0.6) is 0 Å². The van der Waals surface area contributed by atoms with E-state index in [-0.39, 0.29) is 12.5 Å². The molecule has 2 N–H and O–H groups in total. The van der Waals surface area contributed by atoms with Crippen LogP contribution in [0.3, 0.4) is 0 Å². The largest absolute Gasteiger partial charge is 0.444 e. The lowest BCUT2D eigenvalue weighted by Crippen LogP contribution is -2.56. The smallest absolute Gasteiger partial charge is 0.411 e. The van der Waals surface area contributed by atoms with Gasteiger partial charge in [0.25, 0.3) is 0 Å². The molecule has 2 atom stereocenters. The van der Waals surface area contributed by atoms with Crippen molar-refractivity contribution in [1.29, 1.82) is 0 Å². The summed E-state index contributed by atoms with van der Waals surface area (Å²) in [5.74, 6) is -0.721. The van der Waals surface area contributed by atoms with Crippen LogP contribution in [0.15, 0.2) is 48.5 Å². The third-order valence-corrected chi connectivity index (χ3v) is 5.22. The molecule has 0 aliphatic carbocycles. The highest BCUT2D eigenvalue weighted by atomic mass is 16.6. The van der Waals surface area contributed by atoms with Gasteiger partial charge in [-0.15, -0.1) is 0 Å². The average molecular weight is 438 g/mol. The molecule has 0 aromatic heterocycles. The molecule has 0 saturated carbocycles. The minimum Gasteiger partial charge on any atom is -0.444 e. The highest BCUT2D eigenvalue weighted by molar-refractivity contribution is 5.98. The molecule has 0 spiro atoms. The fourth-order valence-corrected chi connectivity index (χ4v) is 3.62. The average Bonchev–Trinajstić information content (AvgIpc) is 2.71. The number of amides is 3. The molecule has 0 fully saturated rings. The van der Waals surface area contributed by atoms with Crippen LogP contribution in [-0.4, -0.2) is 40.5 Å². The van der Waals surface area contributed by atoms with Gasteiger partial charge < -0.3 is 15.4 Å². The molecule has 0 bridgehead atoms. The van der Waals surface area contributed by atoms with Gasteiger partial charge in [-0.1, -0.05) is 36.4 Å². The zero-order valence-corrected chi connectivity index (χ0v) is 19.3. The van der Waals surface area contributed by atoms with Gasteiger partial charge in [-0.3, -0.25) is 14.5 Å². The van der Waals surface area contributed by atoms with Gasteiger partial charge in [0, 0.05) is 12.1 Å². The van der Waals surface area contributed by atoms with Crippen molar-refractivity contribution < 1.29 is 19.1 Å². The summed E-state index contributed by atoms with van der Waals surface area (Å²) in [6, 6.07) is 13.6. The SMILES string of the molecule is Cc1cccc(NC(=O)[C@H](C)NC(=O)[C@@H]2Cc3ccccc3CN2C(=O)OC(C)(C)C)c1. The van der Waals surface area contributed by atoms with Crippen LogP contribution in [0.4, 0.5) is 10.5 Å². The summed E-state index contributed by atoms with van der Waals surface area (Å²) in [6.45, 7) is 9.19. The number of aryl methyl sites for hydroxylation is 1. The van der Waals surface area contributed by atoms with E-state index in [2.05, 4.69) is 10.6 Å². The summed E-state index contributed by atoms with van der Waals surface area (Å²) in [6.07, 6.45) is -0.197. The predicted octanol–water partition coefficient (Wildman–Crippen LogP) is 3.80. The van der Waals surface area contributed by atoms with E-state index in [0.29, 0.717) is 12.1 Å². The van der Waals surface area contributed by atoms with Gasteiger partial charge >= 0.3 is 6.09 Å². The summed E-state index contributed by atoms with van der Waals surface area (Å²) < 4.78 is 5.54. The molecule has 170 valence electrons. The van der Waals surface area contributed by atoms with Gasteiger partial charge in [-0.25, -0.2) is 4.79 Å². The zero-order chi connectivity index (χ0) is 23.5. The fourth-order valence-electron chi connectivity index (χ4n) is 3.62. The first-order chi connectivity index (χ1) is 15.0. The van der Waals surface area contributed by atoms with Crippen molar-refractivity contribution >= 4 is 23.6 Å². The number of carbonyl (C=O) groups is 3. The summed E-state index contributed by atoms with van der Waals surface area (Å²) in [5, 5.41) is 5.57. The molecule has 7 nitrogen and oxygen atoms in total. The number of nitrogens with one attached hydrogen (secondary N) is 2. The van der Waals surface area contributed by atoms with Crippen LogP contribution < -0.4 is 10.6 Å². The Kier molecular flexibility index (Phi) is 6.87. The van der Waals surface area contributed by atoms with Gasteiger partial charge in [0.2, 0.25) is 11.8 Å². The molecule has 2 aromatic carbocycles. The highest BCUT2D eigenvalue weighted by Gasteiger charge is 2.37.